The van der Waals surface area contributed by atoms with E-state index in [2.05, 4.69) is 23.0 Å². The highest BCUT2D eigenvalue weighted by molar-refractivity contribution is 7.19. The fourth-order valence-corrected chi connectivity index (χ4v) is 2.86. The van der Waals surface area contributed by atoms with Crippen LogP contribution in [0.4, 0.5) is 10.0 Å². The molecule has 0 radical (unpaired) electrons. The summed E-state index contributed by atoms with van der Waals surface area (Å²) in [7, 11) is 0. The lowest BCUT2D eigenvalue weighted by molar-refractivity contribution is 1.47. The van der Waals surface area contributed by atoms with Gasteiger partial charge in [0.05, 0.1) is 0 Å². The van der Waals surface area contributed by atoms with E-state index in [0.29, 0.717) is 0 Å². The summed E-state index contributed by atoms with van der Waals surface area (Å²) in [6, 6.07) is 22.3. The van der Waals surface area contributed by atoms with Gasteiger partial charge in [0.15, 0.2) is 0 Å². The fourth-order valence-electron chi connectivity index (χ4n) is 2.00. The fraction of sp³-hybridized carbons (Fsp3) is 0.0526. The highest BCUT2D eigenvalue weighted by atomic mass is 32.1. The van der Waals surface area contributed by atoms with Crippen LogP contribution < -0.4 is 0 Å². The molecular formula is C19H16N2S. The molecule has 3 rings (SSSR count). The van der Waals surface area contributed by atoms with Gasteiger partial charge in [-0.2, -0.15) is 0 Å². The summed E-state index contributed by atoms with van der Waals surface area (Å²) in [6.07, 6.45) is 3.78. The van der Waals surface area contributed by atoms with Crippen molar-refractivity contribution in [3.8, 4) is 0 Å². The molecule has 0 aliphatic heterocycles. The lowest BCUT2D eigenvalue weighted by Crippen LogP contribution is -1.77. The van der Waals surface area contributed by atoms with Crippen LogP contribution in [0.2, 0.25) is 0 Å². The number of benzene rings is 2. The highest BCUT2D eigenvalue weighted by Gasteiger charge is 2.02. The Bertz CT molecular complexity index is 787. The Kier molecular flexibility index (Phi) is 4.56. The molecule has 0 unspecified atom stereocenters. The first-order chi connectivity index (χ1) is 10.8. The molecule has 0 atom stereocenters. The highest BCUT2D eigenvalue weighted by Crippen LogP contribution is 2.35. The lowest BCUT2D eigenvalue weighted by atomic mass is 10.2. The lowest BCUT2D eigenvalue weighted by Gasteiger charge is -1.91. The molecule has 1 heterocycles. The maximum Gasteiger partial charge on any atom is 0.120 e. The number of thiophene rings is 1. The van der Waals surface area contributed by atoms with Gasteiger partial charge in [0.2, 0.25) is 0 Å². The predicted octanol–water partition coefficient (Wildman–Crippen LogP) is 5.56. The Morgan fingerprint density at radius 2 is 1.32 bits per heavy atom. The van der Waals surface area contributed by atoms with Crippen LogP contribution in [0.5, 0.6) is 0 Å². The van der Waals surface area contributed by atoms with Crippen molar-refractivity contribution in [2.24, 2.45) is 9.98 Å². The molecule has 2 nitrogen and oxygen atoms in total. The summed E-state index contributed by atoms with van der Waals surface area (Å²) in [5, 5.41) is 1.98. The molecule has 0 fully saturated rings. The summed E-state index contributed by atoms with van der Waals surface area (Å²) in [6.45, 7) is 2.07. The predicted molar refractivity (Wildman–Crippen MR) is 96.4 cm³/mol. The SMILES string of the molecule is Cc1cc(N=Cc2ccccc2)sc1N=Cc1ccccc1. The van der Waals surface area contributed by atoms with Gasteiger partial charge in [-0.1, -0.05) is 72.0 Å². The number of hydrogen-bond acceptors (Lipinski definition) is 3. The maximum atomic E-state index is 4.57. The van der Waals surface area contributed by atoms with Crippen molar-refractivity contribution in [1.29, 1.82) is 0 Å². The van der Waals surface area contributed by atoms with Crippen LogP contribution in [0.3, 0.4) is 0 Å². The van der Waals surface area contributed by atoms with Crippen LogP contribution in [-0.4, -0.2) is 12.4 Å². The molecule has 0 saturated heterocycles. The van der Waals surface area contributed by atoms with Crippen LogP contribution in [0.25, 0.3) is 0 Å². The minimum absolute atomic E-state index is 0.974. The Hall–Kier alpha value is -2.52. The zero-order chi connectivity index (χ0) is 15.2. The van der Waals surface area contributed by atoms with Gasteiger partial charge in [0, 0.05) is 12.4 Å². The van der Waals surface area contributed by atoms with Crippen molar-refractivity contribution < 1.29 is 0 Å². The quantitative estimate of drug-likeness (QED) is 0.564. The Morgan fingerprint density at radius 1 is 0.773 bits per heavy atom. The molecule has 0 spiro atoms. The Balaban J connectivity index is 1.76. The van der Waals surface area contributed by atoms with Gasteiger partial charge in [-0.3, -0.25) is 0 Å². The van der Waals surface area contributed by atoms with E-state index in [1.54, 1.807) is 11.3 Å². The van der Waals surface area contributed by atoms with E-state index >= 15 is 0 Å². The molecule has 0 aliphatic rings. The number of nitrogens with zero attached hydrogens (tertiary/aromatic N) is 2. The van der Waals surface area contributed by atoms with Gasteiger partial charge in [0.1, 0.15) is 10.0 Å². The largest absolute Gasteiger partial charge is 0.245 e. The minimum Gasteiger partial charge on any atom is -0.245 e. The van der Waals surface area contributed by atoms with E-state index in [1.165, 1.54) is 0 Å². The molecule has 1 aromatic heterocycles. The summed E-state index contributed by atoms with van der Waals surface area (Å²) >= 11 is 1.60. The standard InChI is InChI=1S/C19H16N2S/c1-15-12-18(20-13-16-8-4-2-5-9-16)22-19(15)21-14-17-10-6-3-7-11-17/h2-14H,1H3. The normalized spacial score (nSPS) is 11.5. The van der Waals surface area contributed by atoms with E-state index in [1.807, 2.05) is 73.1 Å². The van der Waals surface area contributed by atoms with Crippen LogP contribution in [0.1, 0.15) is 16.7 Å². The topological polar surface area (TPSA) is 24.7 Å². The van der Waals surface area contributed by atoms with Gasteiger partial charge >= 0.3 is 0 Å². The molecular weight excluding hydrogens is 288 g/mol. The van der Waals surface area contributed by atoms with Gasteiger partial charge in [-0.25, -0.2) is 9.98 Å². The van der Waals surface area contributed by atoms with Crippen molar-refractivity contribution in [3.05, 3.63) is 83.4 Å². The Morgan fingerprint density at radius 3 is 1.91 bits per heavy atom. The van der Waals surface area contributed by atoms with Gasteiger partial charge in [0.25, 0.3) is 0 Å². The number of hydrogen-bond donors (Lipinski definition) is 0. The smallest absolute Gasteiger partial charge is 0.120 e. The zero-order valence-corrected chi connectivity index (χ0v) is 13.1. The third-order valence-electron chi connectivity index (χ3n) is 3.15. The Labute approximate surface area is 134 Å². The molecule has 108 valence electrons. The second-order valence-electron chi connectivity index (χ2n) is 4.91. The van der Waals surface area contributed by atoms with E-state index < -0.39 is 0 Å². The number of aliphatic imine (C=N–C) groups is 2. The molecule has 3 aromatic rings. The second-order valence-corrected chi connectivity index (χ2v) is 5.92. The summed E-state index contributed by atoms with van der Waals surface area (Å²) in [4.78, 5) is 9.10. The number of rotatable bonds is 4. The van der Waals surface area contributed by atoms with E-state index in [4.69, 9.17) is 0 Å². The van der Waals surface area contributed by atoms with Gasteiger partial charge in [-0.15, -0.1) is 0 Å². The van der Waals surface area contributed by atoms with Crippen molar-refractivity contribution in [2.45, 2.75) is 6.92 Å². The first-order valence-electron chi connectivity index (χ1n) is 7.10. The molecule has 2 aromatic carbocycles. The first kappa shape index (κ1) is 14.4. The molecule has 22 heavy (non-hydrogen) atoms. The molecule has 0 aliphatic carbocycles. The maximum absolute atomic E-state index is 4.57. The van der Waals surface area contributed by atoms with Gasteiger partial charge in [-0.05, 0) is 29.7 Å². The van der Waals surface area contributed by atoms with Crippen molar-refractivity contribution in [3.63, 3.8) is 0 Å². The van der Waals surface area contributed by atoms with Crippen molar-refractivity contribution in [2.75, 3.05) is 0 Å². The van der Waals surface area contributed by atoms with Crippen LogP contribution in [0.15, 0.2) is 76.7 Å². The summed E-state index contributed by atoms with van der Waals surface area (Å²) in [5.41, 5.74) is 3.35. The van der Waals surface area contributed by atoms with E-state index in [0.717, 1.165) is 26.7 Å². The van der Waals surface area contributed by atoms with Gasteiger partial charge < -0.3 is 0 Å². The molecule has 3 heteroatoms. The molecule has 0 amide bonds. The average Bonchev–Trinajstić information content (AvgIpc) is 2.93. The first-order valence-corrected chi connectivity index (χ1v) is 7.91. The summed E-state index contributed by atoms with van der Waals surface area (Å²) < 4.78 is 0. The molecule has 0 N–H and O–H groups in total. The summed E-state index contributed by atoms with van der Waals surface area (Å²) in [5.74, 6) is 0. The van der Waals surface area contributed by atoms with Crippen LogP contribution in [0, 0.1) is 6.92 Å². The third kappa shape index (κ3) is 3.77. The van der Waals surface area contributed by atoms with Crippen molar-refractivity contribution >= 4 is 33.8 Å². The molecule has 0 saturated carbocycles. The molecule has 0 bridgehead atoms. The van der Waals surface area contributed by atoms with Crippen LogP contribution >= 0.6 is 11.3 Å². The van der Waals surface area contributed by atoms with Crippen molar-refractivity contribution in [1.82, 2.24) is 0 Å². The average molecular weight is 304 g/mol. The number of aryl methyl sites for hydroxylation is 1. The zero-order valence-electron chi connectivity index (χ0n) is 12.3. The minimum atomic E-state index is 0.974. The monoisotopic (exact) mass is 304 g/mol. The van der Waals surface area contributed by atoms with E-state index in [-0.39, 0.29) is 0 Å². The second kappa shape index (κ2) is 6.96. The third-order valence-corrected chi connectivity index (χ3v) is 4.20. The van der Waals surface area contributed by atoms with Crippen LogP contribution in [-0.2, 0) is 0 Å². The van der Waals surface area contributed by atoms with E-state index in [9.17, 15) is 0 Å².